The van der Waals surface area contributed by atoms with E-state index in [0.717, 1.165) is 17.4 Å². The van der Waals surface area contributed by atoms with Crippen molar-refractivity contribution >= 4 is 33.0 Å². The zero-order valence-corrected chi connectivity index (χ0v) is 8.60. The molecule has 0 saturated carbocycles. The highest BCUT2D eigenvalue weighted by Crippen LogP contribution is 2.37. The van der Waals surface area contributed by atoms with E-state index in [2.05, 4.69) is 0 Å². The maximum Gasteiger partial charge on any atom is 0.416 e. The van der Waals surface area contributed by atoms with E-state index in [0.29, 0.717) is 6.07 Å². The molecule has 0 spiro atoms. The van der Waals surface area contributed by atoms with Gasteiger partial charge in [0, 0.05) is 15.5 Å². The summed E-state index contributed by atoms with van der Waals surface area (Å²) in [7, 11) is 0. The van der Waals surface area contributed by atoms with Crippen LogP contribution < -0.4 is 0 Å². The van der Waals surface area contributed by atoms with Crippen LogP contribution in [0, 0.1) is 5.82 Å². The third-order valence-electron chi connectivity index (χ3n) is 1.91. The molecule has 0 amide bonds. The van der Waals surface area contributed by atoms with Crippen molar-refractivity contribution in [1.29, 1.82) is 0 Å². The molecule has 0 aliphatic rings. The lowest BCUT2D eigenvalue weighted by Crippen LogP contribution is -2.04. The van der Waals surface area contributed by atoms with Crippen molar-refractivity contribution in [3.8, 4) is 0 Å². The fraction of sp³-hybridized carbons (Fsp3) is 0.111. The number of thiophene rings is 1. The lowest BCUT2D eigenvalue weighted by molar-refractivity contribution is -0.137. The summed E-state index contributed by atoms with van der Waals surface area (Å²) >= 11 is 6.62. The van der Waals surface area contributed by atoms with E-state index >= 15 is 0 Å². The first-order valence-electron chi connectivity index (χ1n) is 3.83. The van der Waals surface area contributed by atoms with Crippen LogP contribution in [0.1, 0.15) is 5.56 Å². The van der Waals surface area contributed by atoms with Crippen molar-refractivity contribution < 1.29 is 17.6 Å². The molecule has 0 unspecified atom stereocenters. The second-order valence-electron chi connectivity index (χ2n) is 2.91. The van der Waals surface area contributed by atoms with Gasteiger partial charge < -0.3 is 0 Å². The van der Waals surface area contributed by atoms with Gasteiger partial charge in [-0.25, -0.2) is 4.39 Å². The fourth-order valence-corrected chi connectivity index (χ4v) is 2.49. The molecule has 0 N–H and O–H groups in total. The number of hydrogen-bond donors (Lipinski definition) is 0. The fourth-order valence-electron chi connectivity index (χ4n) is 1.24. The van der Waals surface area contributed by atoms with Crippen molar-refractivity contribution in [2.24, 2.45) is 0 Å². The van der Waals surface area contributed by atoms with Gasteiger partial charge in [0.05, 0.1) is 10.6 Å². The maximum atomic E-state index is 13.3. The Morgan fingerprint density at radius 1 is 1.20 bits per heavy atom. The van der Waals surface area contributed by atoms with Gasteiger partial charge in [0.1, 0.15) is 5.82 Å². The minimum atomic E-state index is -4.54. The molecule has 0 atom stereocenters. The molecule has 0 bridgehead atoms. The molecular weight excluding hydrogens is 252 g/mol. The predicted molar refractivity (Wildman–Crippen MR) is 51.8 cm³/mol. The number of hydrogen-bond acceptors (Lipinski definition) is 1. The monoisotopic (exact) mass is 254 g/mol. The molecule has 0 radical (unpaired) electrons. The van der Waals surface area contributed by atoms with Crippen molar-refractivity contribution in [3.05, 3.63) is 33.9 Å². The van der Waals surface area contributed by atoms with Crippen LogP contribution in [-0.4, -0.2) is 0 Å². The molecule has 80 valence electrons. The van der Waals surface area contributed by atoms with Crippen LogP contribution in [0.5, 0.6) is 0 Å². The Kier molecular flexibility index (Phi) is 2.39. The second-order valence-corrected chi connectivity index (χ2v) is 4.23. The number of rotatable bonds is 0. The maximum absolute atomic E-state index is 13.3. The first-order chi connectivity index (χ1) is 6.89. The van der Waals surface area contributed by atoms with E-state index in [4.69, 9.17) is 11.6 Å². The van der Waals surface area contributed by atoms with Crippen LogP contribution in [0.15, 0.2) is 17.5 Å². The van der Waals surface area contributed by atoms with Crippen LogP contribution in [-0.2, 0) is 6.18 Å². The van der Waals surface area contributed by atoms with Crippen molar-refractivity contribution in [3.63, 3.8) is 0 Å². The van der Waals surface area contributed by atoms with Gasteiger partial charge in [-0.2, -0.15) is 13.2 Å². The molecule has 0 saturated heterocycles. The van der Waals surface area contributed by atoms with E-state index < -0.39 is 17.6 Å². The third-order valence-corrected chi connectivity index (χ3v) is 3.27. The molecule has 0 aliphatic heterocycles. The molecule has 15 heavy (non-hydrogen) atoms. The van der Waals surface area contributed by atoms with Crippen LogP contribution in [0.4, 0.5) is 17.6 Å². The average molecular weight is 255 g/mol. The van der Waals surface area contributed by atoms with Gasteiger partial charge in [-0.1, -0.05) is 11.6 Å². The van der Waals surface area contributed by atoms with Gasteiger partial charge in [0.15, 0.2) is 0 Å². The highest BCUT2D eigenvalue weighted by atomic mass is 35.5. The van der Waals surface area contributed by atoms with E-state index in [-0.39, 0.29) is 15.1 Å². The quantitative estimate of drug-likeness (QED) is 0.597. The standard InChI is InChI=1S/C9H3ClF4S/c10-5-3-15-7-2-4(9(12,13)14)1-6(11)8(5)7/h1-3H. The zero-order chi connectivity index (χ0) is 11.2. The Morgan fingerprint density at radius 2 is 1.87 bits per heavy atom. The highest BCUT2D eigenvalue weighted by Gasteiger charge is 2.32. The molecule has 2 aromatic rings. The van der Waals surface area contributed by atoms with E-state index in [1.165, 1.54) is 5.38 Å². The molecule has 6 heteroatoms. The van der Waals surface area contributed by atoms with Crippen LogP contribution >= 0.6 is 22.9 Å². The normalized spacial score (nSPS) is 12.3. The molecular formula is C9H3ClF4S. The van der Waals surface area contributed by atoms with E-state index in [1.807, 2.05) is 0 Å². The SMILES string of the molecule is Fc1cc(C(F)(F)F)cc2scc(Cl)c12. The predicted octanol–water partition coefficient (Wildman–Crippen LogP) is 4.71. The minimum absolute atomic E-state index is 0.0506. The first-order valence-corrected chi connectivity index (χ1v) is 5.09. The summed E-state index contributed by atoms with van der Waals surface area (Å²) in [6, 6.07) is 1.36. The Morgan fingerprint density at radius 3 is 2.47 bits per heavy atom. The second kappa shape index (κ2) is 3.35. The van der Waals surface area contributed by atoms with E-state index in [1.54, 1.807) is 0 Å². The number of benzene rings is 1. The highest BCUT2D eigenvalue weighted by molar-refractivity contribution is 7.17. The van der Waals surface area contributed by atoms with Crippen LogP contribution in [0.2, 0.25) is 5.02 Å². The van der Waals surface area contributed by atoms with Gasteiger partial charge in [0.2, 0.25) is 0 Å². The lowest BCUT2D eigenvalue weighted by Gasteiger charge is -2.06. The van der Waals surface area contributed by atoms with Gasteiger partial charge in [-0.05, 0) is 12.1 Å². The Labute approximate surface area is 91.1 Å². The minimum Gasteiger partial charge on any atom is -0.206 e. The smallest absolute Gasteiger partial charge is 0.206 e. The van der Waals surface area contributed by atoms with Gasteiger partial charge in [-0.15, -0.1) is 11.3 Å². The molecule has 1 heterocycles. The van der Waals surface area contributed by atoms with Crippen molar-refractivity contribution in [2.45, 2.75) is 6.18 Å². The first kappa shape index (κ1) is 10.7. The summed E-state index contributed by atoms with van der Waals surface area (Å²) in [5.74, 6) is -0.939. The topological polar surface area (TPSA) is 0 Å². The Balaban J connectivity index is 2.74. The molecule has 1 aromatic heterocycles. The zero-order valence-electron chi connectivity index (χ0n) is 7.03. The van der Waals surface area contributed by atoms with Crippen molar-refractivity contribution in [1.82, 2.24) is 0 Å². The molecule has 1 aromatic carbocycles. The van der Waals surface area contributed by atoms with Crippen LogP contribution in [0.25, 0.3) is 10.1 Å². The molecule has 0 aliphatic carbocycles. The molecule has 2 rings (SSSR count). The summed E-state index contributed by atoms with van der Waals surface area (Å²) in [4.78, 5) is 0. The average Bonchev–Trinajstić information content (AvgIpc) is 2.46. The van der Waals surface area contributed by atoms with Crippen LogP contribution in [0.3, 0.4) is 0 Å². The summed E-state index contributed by atoms with van der Waals surface area (Å²) in [5.41, 5.74) is -0.994. The molecule has 0 nitrogen and oxygen atoms in total. The number of fused-ring (bicyclic) bond motifs is 1. The number of halogens is 5. The largest absolute Gasteiger partial charge is 0.416 e. The van der Waals surface area contributed by atoms with Gasteiger partial charge >= 0.3 is 6.18 Å². The lowest BCUT2D eigenvalue weighted by atomic mass is 10.1. The third kappa shape index (κ3) is 1.81. The van der Waals surface area contributed by atoms with E-state index in [9.17, 15) is 17.6 Å². The van der Waals surface area contributed by atoms with Gasteiger partial charge in [0.25, 0.3) is 0 Å². The van der Waals surface area contributed by atoms with Crippen molar-refractivity contribution in [2.75, 3.05) is 0 Å². The summed E-state index contributed by atoms with van der Waals surface area (Å²) in [5, 5.41) is 1.60. The van der Waals surface area contributed by atoms with Gasteiger partial charge in [-0.3, -0.25) is 0 Å². The summed E-state index contributed by atoms with van der Waals surface area (Å²) < 4.78 is 50.4. The Bertz CT molecular complexity index is 515. The summed E-state index contributed by atoms with van der Waals surface area (Å²) in [6.07, 6.45) is -4.54. The number of alkyl halides is 3. The molecule has 0 fully saturated rings. The summed E-state index contributed by atoms with van der Waals surface area (Å²) in [6.45, 7) is 0. The Hall–Kier alpha value is -0.810.